The number of aliphatic hydroxyl groups is 2. The van der Waals surface area contributed by atoms with E-state index in [1.165, 1.54) is 44.9 Å². The zero-order valence-corrected chi connectivity index (χ0v) is 42.5. The first kappa shape index (κ1) is 54.0. The Morgan fingerprint density at radius 1 is 0.887 bits per heavy atom. The third kappa shape index (κ3) is 14.0. The molecule has 0 spiro atoms. The van der Waals surface area contributed by atoms with Crippen molar-refractivity contribution in [2.24, 2.45) is 22.9 Å². The Balaban J connectivity index is 1.28. The van der Waals surface area contributed by atoms with Gasteiger partial charge in [0.15, 0.2) is 11.5 Å². The van der Waals surface area contributed by atoms with Crippen LogP contribution < -0.4 is 24.3 Å². The Morgan fingerprint density at radius 2 is 1.63 bits per heavy atom. The number of carbonyl (C=O) groups excluding carboxylic acids is 2. The number of nitrogens with one attached hydrogen (secondary N) is 1. The number of ether oxygens (including phenoxy) is 7. The van der Waals surface area contributed by atoms with E-state index in [9.17, 15) is 19.8 Å². The summed E-state index contributed by atoms with van der Waals surface area (Å²) in [5, 5.41) is 28.0. The molecule has 0 aromatic heterocycles. The van der Waals surface area contributed by atoms with Crippen LogP contribution in [0.25, 0.3) is 0 Å². The second-order valence-electron chi connectivity index (χ2n) is 19.7. The molecule has 7 rings (SSSR count). The summed E-state index contributed by atoms with van der Waals surface area (Å²) in [7, 11) is 0. The van der Waals surface area contributed by atoms with Gasteiger partial charge in [0.1, 0.15) is 17.5 Å². The fourth-order valence-electron chi connectivity index (χ4n) is 11.3. The summed E-state index contributed by atoms with van der Waals surface area (Å²) in [6.45, 7) is 9.76. The summed E-state index contributed by atoms with van der Waals surface area (Å²) < 4.78 is 43.9. The molecule has 1 saturated heterocycles. The van der Waals surface area contributed by atoms with Crippen LogP contribution in [0.4, 0.5) is 9.59 Å². The van der Waals surface area contributed by atoms with Crippen LogP contribution in [0.5, 0.6) is 23.0 Å². The van der Waals surface area contributed by atoms with Crippen molar-refractivity contribution in [3.63, 3.8) is 0 Å². The lowest BCUT2D eigenvalue weighted by Gasteiger charge is -2.59. The number of carbonyl (C=O) groups is 2. The van der Waals surface area contributed by atoms with Crippen LogP contribution in [0.2, 0.25) is 0 Å². The summed E-state index contributed by atoms with van der Waals surface area (Å²) in [4.78, 5) is 36.1. The Labute approximate surface area is 421 Å². The predicted octanol–water partition coefficient (Wildman–Crippen LogP) is 11.2. The maximum absolute atomic E-state index is 14.7. The molecule has 0 radical (unpaired) electrons. The lowest BCUT2D eigenvalue weighted by molar-refractivity contribution is -0.256. The van der Waals surface area contributed by atoms with E-state index in [-0.39, 0.29) is 63.9 Å². The number of hydrogen-bond acceptors (Lipinski definition) is 13. The summed E-state index contributed by atoms with van der Waals surface area (Å²) in [6.07, 6.45) is 21.5. The zero-order valence-electron chi connectivity index (χ0n) is 42.5. The van der Waals surface area contributed by atoms with E-state index in [0.717, 1.165) is 74.5 Å². The minimum Gasteiger partial charge on any atom is -0.459 e. The third-order valence-electron chi connectivity index (χ3n) is 14.7. The first-order chi connectivity index (χ1) is 34.8. The monoisotopic (exact) mass is 988 g/mol. The van der Waals surface area contributed by atoms with Crippen LogP contribution in [0, 0.1) is 17.8 Å². The van der Waals surface area contributed by atoms with Gasteiger partial charge in [-0.3, -0.25) is 4.90 Å². The van der Waals surface area contributed by atoms with Crippen molar-refractivity contribution >= 4 is 17.9 Å². The number of allylic oxidation sites excluding steroid dienone is 1. The van der Waals surface area contributed by atoms with E-state index in [0.29, 0.717) is 61.1 Å². The molecule has 15 nitrogen and oxygen atoms in total. The standard InChI is InChI=1S/C56H81N3O12/c1-4-7-8-9-10-11-12-13-14-18-29-57-54(62)69-42-26-28-47-45(36-42)52-43(23-16-20-31-61)41(22-15-19-30-60)35-44-46(58-71-51-24-17-21-33-65-51)37-50(56(70-47,53(44)52)68-32-5-2)59(55(63)64-6-3)38-40-25-27-48-49(34-40)67-39-66-48/h5,25-28,34-36,41,43,50-53,60-61H,2,4,6-24,29-33,37-39H2,1,3H3,(H,57,62)/t41-,43+,50-,51?,52+,53+,56+/m0/s1. The van der Waals surface area contributed by atoms with Gasteiger partial charge in [0.05, 0.1) is 31.5 Å². The highest BCUT2D eigenvalue weighted by atomic mass is 16.8. The fraction of sp³-hybridized carbons (Fsp3) is 0.661. The summed E-state index contributed by atoms with van der Waals surface area (Å²) in [5.74, 6) is -0.324. The van der Waals surface area contributed by atoms with Gasteiger partial charge in [-0.15, -0.1) is 6.58 Å². The Hall–Kier alpha value is -4.83. The van der Waals surface area contributed by atoms with Gasteiger partial charge in [-0.2, -0.15) is 0 Å². The smallest absolute Gasteiger partial charge is 0.412 e. The van der Waals surface area contributed by atoms with Crippen LogP contribution in [0.15, 0.2) is 65.9 Å². The van der Waals surface area contributed by atoms with Crippen molar-refractivity contribution in [3.05, 3.63) is 71.8 Å². The second-order valence-corrected chi connectivity index (χ2v) is 19.7. The number of unbranched alkanes of at least 4 members (excludes halogenated alkanes) is 11. The molecular weight excluding hydrogens is 907 g/mol. The second kappa shape index (κ2) is 27.8. The zero-order chi connectivity index (χ0) is 49.8. The molecule has 2 aromatic carbocycles. The summed E-state index contributed by atoms with van der Waals surface area (Å²) in [5.41, 5.74) is 3.15. The van der Waals surface area contributed by atoms with Crippen molar-refractivity contribution in [1.82, 2.24) is 10.2 Å². The molecule has 3 aliphatic heterocycles. The molecule has 3 N–H and O–H groups in total. The number of hydrogen-bond donors (Lipinski definition) is 3. The van der Waals surface area contributed by atoms with Crippen molar-refractivity contribution in [2.45, 2.75) is 173 Å². The lowest BCUT2D eigenvalue weighted by atomic mass is 9.55. The number of aliphatic hydroxyl groups excluding tert-OH is 2. The van der Waals surface area contributed by atoms with Crippen molar-refractivity contribution in [2.75, 3.05) is 46.4 Å². The van der Waals surface area contributed by atoms with Crippen LogP contribution in [-0.2, 0) is 25.6 Å². The molecule has 15 heteroatoms. The highest BCUT2D eigenvalue weighted by Crippen LogP contribution is 2.62. The largest absolute Gasteiger partial charge is 0.459 e. The highest BCUT2D eigenvalue weighted by Gasteiger charge is 2.66. The van der Waals surface area contributed by atoms with E-state index in [1.54, 1.807) is 24.0 Å². The minimum atomic E-state index is -1.53. The van der Waals surface area contributed by atoms with Crippen molar-refractivity contribution in [3.8, 4) is 23.0 Å². The molecular formula is C56H81N3O12. The maximum Gasteiger partial charge on any atom is 0.412 e. The predicted molar refractivity (Wildman–Crippen MR) is 271 cm³/mol. The molecule has 1 unspecified atom stereocenters. The number of benzene rings is 2. The van der Waals surface area contributed by atoms with E-state index in [2.05, 4.69) is 24.9 Å². The molecule has 0 bridgehead atoms. The summed E-state index contributed by atoms with van der Waals surface area (Å²) >= 11 is 0. The van der Waals surface area contributed by atoms with Crippen LogP contribution in [0.1, 0.15) is 159 Å². The average Bonchev–Trinajstić information content (AvgIpc) is 3.86. The molecule has 2 amide bonds. The number of oxime groups is 1. The SMILES string of the molecule is C=CCO[C@@]12Oc3ccc(OC(=O)NCCCCCCCCCCCC)cc3[C@H]3[C@H](CCCCO)[C@@H](CCCCO)C=C(C(=NOC4CCCCO4)C[C@@H]1N(Cc1ccc4c(c1)OCO4)C(=O)OCC)[C@H]32. The molecule has 2 fully saturated rings. The third-order valence-corrected chi connectivity index (χ3v) is 14.7. The average molecular weight is 988 g/mol. The molecule has 71 heavy (non-hydrogen) atoms. The van der Waals surface area contributed by atoms with Crippen LogP contribution in [-0.4, -0.2) is 97.5 Å². The first-order valence-corrected chi connectivity index (χ1v) is 27.0. The van der Waals surface area contributed by atoms with Gasteiger partial charge in [0, 0.05) is 50.6 Å². The maximum atomic E-state index is 14.7. The number of nitrogens with zero attached hydrogens (tertiary/aromatic N) is 2. The van der Waals surface area contributed by atoms with E-state index < -0.39 is 36.2 Å². The molecule has 7 atom stereocenters. The topological polar surface area (TPSA) is 176 Å². The van der Waals surface area contributed by atoms with E-state index in [4.69, 9.17) is 43.2 Å². The van der Waals surface area contributed by atoms with Gasteiger partial charge in [-0.05, 0) is 105 Å². The van der Waals surface area contributed by atoms with Gasteiger partial charge in [-0.25, -0.2) is 9.59 Å². The number of rotatable bonds is 29. The number of fused-ring (bicyclic) bond motifs is 3. The first-order valence-electron chi connectivity index (χ1n) is 27.0. The fourth-order valence-corrected chi connectivity index (χ4v) is 11.3. The lowest BCUT2D eigenvalue weighted by Crippen LogP contribution is -2.70. The van der Waals surface area contributed by atoms with Gasteiger partial charge >= 0.3 is 12.2 Å². The molecule has 3 heterocycles. The Bertz CT molecular complexity index is 2070. The van der Waals surface area contributed by atoms with Crippen LogP contribution >= 0.6 is 0 Å². The van der Waals surface area contributed by atoms with Crippen molar-refractivity contribution < 1.29 is 57.8 Å². The Kier molecular flexibility index (Phi) is 21.2. The highest BCUT2D eigenvalue weighted by molar-refractivity contribution is 6.03. The van der Waals surface area contributed by atoms with Gasteiger partial charge in [-0.1, -0.05) is 101 Å². The number of amides is 2. The van der Waals surface area contributed by atoms with E-state index >= 15 is 0 Å². The van der Waals surface area contributed by atoms with Gasteiger partial charge < -0.3 is 53.5 Å². The molecule has 392 valence electrons. The summed E-state index contributed by atoms with van der Waals surface area (Å²) in [6, 6.07) is 10.3. The quantitative estimate of drug-likeness (QED) is 0.0400. The normalized spacial score (nSPS) is 24.5. The Morgan fingerprint density at radius 3 is 2.37 bits per heavy atom. The molecule has 2 aromatic rings. The van der Waals surface area contributed by atoms with E-state index in [1.807, 2.05) is 30.3 Å². The molecule has 1 saturated carbocycles. The minimum absolute atomic E-state index is 0.0101. The van der Waals surface area contributed by atoms with Crippen molar-refractivity contribution in [1.29, 1.82) is 0 Å². The molecule has 5 aliphatic rings. The van der Waals surface area contributed by atoms with Gasteiger partial charge in [0.2, 0.25) is 18.9 Å². The molecule has 2 aliphatic carbocycles. The van der Waals surface area contributed by atoms with Crippen LogP contribution in [0.3, 0.4) is 0 Å². The van der Waals surface area contributed by atoms with Gasteiger partial charge in [0.25, 0.3) is 0 Å².